The van der Waals surface area contributed by atoms with Crippen molar-refractivity contribution in [1.29, 1.82) is 0 Å². The number of nitrogens with zero attached hydrogens (tertiary/aromatic N) is 3. The predicted molar refractivity (Wildman–Crippen MR) is 105 cm³/mol. The van der Waals surface area contributed by atoms with E-state index in [-0.39, 0.29) is 17.5 Å². The Balaban J connectivity index is 1.51. The van der Waals surface area contributed by atoms with Gasteiger partial charge in [0.1, 0.15) is 11.1 Å². The van der Waals surface area contributed by atoms with E-state index in [4.69, 9.17) is 8.83 Å². The third-order valence-electron chi connectivity index (χ3n) is 4.46. The van der Waals surface area contributed by atoms with Gasteiger partial charge in [0, 0.05) is 23.3 Å². The molecule has 0 fully saturated rings. The minimum atomic E-state index is -0.751. The minimum Gasteiger partial charge on any atom is -0.422 e. The molecule has 0 bridgehead atoms. The molecule has 3 aromatic heterocycles. The number of nitrogens with one attached hydrogen (secondary N) is 1. The van der Waals surface area contributed by atoms with Crippen LogP contribution in [0.3, 0.4) is 0 Å². The van der Waals surface area contributed by atoms with Crippen molar-refractivity contribution in [3.05, 3.63) is 83.0 Å². The van der Waals surface area contributed by atoms with Crippen LogP contribution in [0, 0.1) is 0 Å². The van der Waals surface area contributed by atoms with E-state index in [0.717, 1.165) is 10.8 Å². The highest BCUT2D eigenvalue weighted by Gasteiger charge is 2.18. The minimum absolute atomic E-state index is 0.126. The SMILES string of the molecule is O=C(Nc1nnc(-c2ccncc2)o1)c1cc2c(ccc3ccccc32)oc1=O. The third-order valence-corrected chi connectivity index (χ3v) is 4.46. The van der Waals surface area contributed by atoms with Gasteiger partial charge in [-0.15, -0.1) is 5.10 Å². The summed E-state index contributed by atoms with van der Waals surface area (Å²) < 4.78 is 10.8. The Kier molecular flexibility index (Phi) is 3.87. The summed E-state index contributed by atoms with van der Waals surface area (Å²) in [4.78, 5) is 28.9. The van der Waals surface area contributed by atoms with E-state index in [1.54, 1.807) is 30.6 Å². The molecule has 140 valence electrons. The van der Waals surface area contributed by atoms with Gasteiger partial charge in [-0.2, -0.15) is 0 Å². The zero-order valence-corrected chi connectivity index (χ0v) is 14.8. The molecule has 2 aromatic carbocycles. The normalized spacial score (nSPS) is 11.0. The molecule has 3 heterocycles. The van der Waals surface area contributed by atoms with E-state index in [2.05, 4.69) is 20.5 Å². The molecular formula is C21H12N4O4. The standard InChI is InChI=1S/C21H12N4O4/c26-18(23-21-25-24-19(29-21)13-7-9-22-10-8-13)16-11-15-14-4-2-1-3-12(14)5-6-17(15)28-20(16)27/h1-11H,(H,23,25,26). The number of pyridine rings is 1. The summed E-state index contributed by atoms with van der Waals surface area (Å²) in [7, 11) is 0. The number of hydrogen-bond donors (Lipinski definition) is 1. The van der Waals surface area contributed by atoms with Gasteiger partial charge in [-0.05, 0) is 35.0 Å². The second kappa shape index (κ2) is 6.68. The van der Waals surface area contributed by atoms with Crippen molar-refractivity contribution in [2.75, 3.05) is 5.32 Å². The topological polar surface area (TPSA) is 111 Å². The van der Waals surface area contributed by atoms with Crippen molar-refractivity contribution >= 4 is 33.7 Å². The second-order valence-electron chi connectivity index (χ2n) is 6.25. The van der Waals surface area contributed by atoms with Gasteiger partial charge in [0.25, 0.3) is 5.91 Å². The first-order valence-electron chi connectivity index (χ1n) is 8.70. The third kappa shape index (κ3) is 3.02. The number of anilines is 1. The van der Waals surface area contributed by atoms with Gasteiger partial charge in [0.15, 0.2) is 0 Å². The molecule has 0 aliphatic heterocycles. The van der Waals surface area contributed by atoms with E-state index < -0.39 is 11.5 Å². The lowest BCUT2D eigenvalue weighted by molar-refractivity contribution is 0.102. The molecule has 0 radical (unpaired) electrons. The lowest BCUT2D eigenvalue weighted by Crippen LogP contribution is -2.20. The lowest BCUT2D eigenvalue weighted by Gasteiger charge is -2.05. The number of carbonyl (C=O) groups is 1. The van der Waals surface area contributed by atoms with Crippen LogP contribution in [0.2, 0.25) is 0 Å². The fourth-order valence-electron chi connectivity index (χ4n) is 3.08. The number of aromatic nitrogens is 3. The Bertz CT molecular complexity index is 1420. The fourth-order valence-corrected chi connectivity index (χ4v) is 3.08. The monoisotopic (exact) mass is 384 g/mol. The van der Waals surface area contributed by atoms with Crippen LogP contribution in [0.25, 0.3) is 33.2 Å². The Morgan fingerprint density at radius 2 is 1.72 bits per heavy atom. The number of benzene rings is 2. The van der Waals surface area contributed by atoms with Gasteiger partial charge >= 0.3 is 11.6 Å². The molecule has 5 aromatic rings. The summed E-state index contributed by atoms with van der Waals surface area (Å²) in [5.41, 5.74) is 0.157. The molecule has 8 heteroatoms. The van der Waals surface area contributed by atoms with Gasteiger partial charge in [0.2, 0.25) is 5.89 Å². The van der Waals surface area contributed by atoms with Crippen LogP contribution in [0.1, 0.15) is 10.4 Å². The fraction of sp³-hybridized carbons (Fsp3) is 0. The van der Waals surface area contributed by atoms with E-state index in [1.807, 2.05) is 30.3 Å². The van der Waals surface area contributed by atoms with Crippen LogP contribution in [0.15, 0.2) is 80.6 Å². The summed E-state index contributed by atoms with van der Waals surface area (Å²) in [5, 5.41) is 12.6. The largest absolute Gasteiger partial charge is 0.422 e. The Labute approximate surface area is 162 Å². The molecule has 0 atom stereocenters. The summed E-state index contributed by atoms with van der Waals surface area (Å²) in [6, 6.07) is 16.0. The van der Waals surface area contributed by atoms with Crippen molar-refractivity contribution in [3.8, 4) is 11.5 Å². The quantitative estimate of drug-likeness (QED) is 0.373. The van der Waals surface area contributed by atoms with Gasteiger partial charge in [-0.1, -0.05) is 35.4 Å². The molecule has 0 aliphatic rings. The maximum atomic E-state index is 12.7. The number of rotatable bonds is 3. The first kappa shape index (κ1) is 16.8. The first-order chi connectivity index (χ1) is 14.2. The lowest BCUT2D eigenvalue weighted by atomic mass is 10.0. The van der Waals surface area contributed by atoms with Crippen LogP contribution in [-0.2, 0) is 0 Å². The molecule has 0 saturated heterocycles. The molecule has 0 saturated carbocycles. The molecule has 5 rings (SSSR count). The first-order valence-corrected chi connectivity index (χ1v) is 8.70. The van der Waals surface area contributed by atoms with E-state index in [0.29, 0.717) is 16.5 Å². The number of carbonyl (C=O) groups excluding carboxylic acids is 1. The average Bonchev–Trinajstić information content (AvgIpc) is 3.22. The smallest absolute Gasteiger partial charge is 0.349 e. The van der Waals surface area contributed by atoms with E-state index in [9.17, 15) is 9.59 Å². The Morgan fingerprint density at radius 1 is 0.897 bits per heavy atom. The molecule has 0 aliphatic carbocycles. The molecular weight excluding hydrogens is 372 g/mol. The summed E-state index contributed by atoms with van der Waals surface area (Å²) >= 11 is 0. The molecule has 0 spiro atoms. The van der Waals surface area contributed by atoms with Crippen molar-refractivity contribution in [2.24, 2.45) is 0 Å². The van der Waals surface area contributed by atoms with Crippen molar-refractivity contribution in [3.63, 3.8) is 0 Å². The summed E-state index contributed by atoms with van der Waals surface area (Å²) in [5.74, 6) is -0.474. The van der Waals surface area contributed by atoms with Crippen molar-refractivity contribution < 1.29 is 13.6 Å². The maximum absolute atomic E-state index is 12.7. The van der Waals surface area contributed by atoms with E-state index in [1.165, 1.54) is 6.07 Å². The number of hydrogen-bond acceptors (Lipinski definition) is 7. The van der Waals surface area contributed by atoms with Crippen LogP contribution in [0.5, 0.6) is 0 Å². The van der Waals surface area contributed by atoms with E-state index >= 15 is 0 Å². The highest BCUT2D eigenvalue weighted by molar-refractivity contribution is 6.10. The van der Waals surface area contributed by atoms with Gasteiger partial charge in [-0.25, -0.2) is 4.79 Å². The second-order valence-corrected chi connectivity index (χ2v) is 6.25. The molecule has 0 unspecified atom stereocenters. The zero-order valence-electron chi connectivity index (χ0n) is 14.8. The van der Waals surface area contributed by atoms with Crippen LogP contribution in [0.4, 0.5) is 6.01 Å². The molecule has 1 N–H and O–H groups in total. The van der Waals surface area contributed by atoms with Gasteiger partial charge in [0.05, 0.1) is 0 Å². The molecule has 1 amide bonds. The van der Waals surface area contributed by atoms with Gasteiger partial charge in [-0.3, -0.25) is 15.1 Å². The van der Waals surface area contributed by atoms with Crippen molar-refractivity contribution in [1.82, 2.24) is 15.2 Å². The highest BCUT2D eigenvalue weighted by Crippen LogP contribution is 2.25. The Hall–Kier alpha value is -4.33. The van der Waals surface area contributed by atoms with Crippen LogP contribution < -0.4 is 10.9 Å². The van der Waals surface area contributed by atoms with Crippen molar-refractivity contribution in [2.45, 2.75) is 0 Å². The zero-order chi connectivity index (χ0) is 19.8. The summed E-state index contributed by atoms with van der Waals surface area (Å²) in [6.45, 7) is 0. The maximum Gasteiger partial charge on any atom is 0.349 e. The summed E-state index contributed by atoms with van der Waals surface area (Å²) in [6.07, 6.45) is 3.17. The van der Waals surface area contributed by atoms with Crippen LogP contribution >= 0.6 is 0 Å². The van der Waals surface area contributed by atoms with Crippen LogP contribution in [-0.4, -0.2) is 21.1 Å². The number of fused-ring (bicyclic) bond motifs is 3. The number of amides is 1. The molecule has 8 nitrogen and oxygen atoms in total. The Morgan fingerprint density at radius 3 is 2.59 bits per heavy atom. The highest BCUT2D eigenvalue weighted by atomic mass is 16.4. The predicted octanol–water partition coefficient (Wildman–Crippen LogP) is 3.64. The van der Waals surface area contributed by atoms with Gasteiger partial charge < -0.3 is 8.83 Å². The molecule has 29 heavy (non-hydrogen) atoms. The average molecular weight is 384 g/mol.